The lowest BCUT2D eigenvalue weighted by Gasteiger charge is -2.25. The van der Waals surface area contributed by atoms with Gasteiger partial charge in [-0.1, -0.05) is 85.2 Å². The van der Waals surface area contributed by atoms with Crippen LogP contribution in [0.2, 0.25) is 5.02 Å². The Labute approximate surface area is 253 Å². The van der Waals surface area contributed by atoms with E-state index >= 15 is 0 Å². The molecule has 1 aliphatic heterocycles. The number of nitrogens with zero attached hydrogens (tertiary/aromatic N) is 2. The number of ether oxygens (including phenoxy) is 2. The molecule has 1 atom stereocenters. The van der Waals surface area contributed by atoms with Crippen LogP contribution in [0.4, 0.5) is 5.13 Å². The Hall–Kier alpha value is -4.14. The molecule has 42 heavy (non-hydrogen) atoms. The fourth-order valence-electron chi connectivity index (χ4n) is 4.80. The van der Waals surface area contributed by atoms with Crippen molar-refractivity contribution in [3.63, 3.8) is 0 Å². The average Bonchev–Trinajstić information content (AvgIpc) is 3.52. The maximum absolute atomic E-state index is 13.7. The van der Waals surface area contributed by atoms with E-state index in [4.69, 9.17) is 21.1 Å². The van der Waals surface area contributed by atoms with Crippen molar-refractivity contribution >= 4 is 56.1 Å². The fourth-order valence-corrected chi connectivity index (χ4v) is 6.07. The topological polar surface area (TPSA) is 89.0 Å². The number of unbranched alkanes of at least 4 members (excludes halogenated alkanes) is 2. The second-order valence-electron chi connectivity index (χ2n) is 9.75. The second-order valence-corrected chi connectivity index (χ2v) is 11.2. The fraction of sp³-hybridized carbons (Fsp3) is 0.242. The van der Waals surface area contributed by atoms with E-state index in [2.05, 4.69) is 11.9 Å². The van der Waals surface area contributed by atoms with Crippen LogP contribution in [0.5, 0.6) is 11.5 Å². The second kappa shape index (κ2) is 13.2. The van der Waals surface area contributed by atoms with E-state index in [0.29, 0.717) is 45.9 Å². The third-order valence-electron chi connectivity index (χ3n) is 6.83. The molecule has 1 N–H and O–H groups in total. The van der Waals surface area contributed by atoms with Crippen LogP contribution in [0.3, 0.4) is 0 Å². The van der Waals surface area contributed by atoms with Crippen molar-refractivity contribution in [2.45, 2.75) is 39.2 Å². The van der Waals surface area contributed by atoms with Crippen molar-refractivity contribution < 1.29 is 24.2 Å². The number of hydrogen-bond acceptors (Lipinski definition) is 7. The summed E-state index contributed by atoms with van der Waals surface area (Å²) in [6.45, 7) is 4.95. The summed E-state index contributed by atoms with van der Waals surface area (Å²) in [5.41, 5.74) is 2.00. The van der Waals surface area contributed by atoms with Crippen LogP contribution < -0.4 is 14.4 Å². The Kier molecular flexibility index (Phi) is 9.25. The number of halogens is 1. The predicted octanol–water partition coefficient (Wildman–Crippen LogP) is 8.10. The molecule has 2 heterocycles. The Morgan fingerprint density at radius 1 is 1.05 bits per heavy atom. The van der Waals surface area contributed by atoms with Gasteiger partial charge in [-0.2, -0.15) is 0 Å². The number of carbonyl (C=O) groups is 2. The molecule has 1 unspecified atom stereocenters. The molecule has 0 fully saturated rings. The molecule has 1 amide bonds. The molecule has 0 saturated carbocycles. The Bertz CT molecular complexity index is 1660. The van der Waals surface area contributed by atoms with Gasteiger partial charge in [0, 0.05) is 5.02 Å². The van der Waals surface area contributed by atoms with Crippen LogP contribution in [-0.4, -0.2) is 35.0 Å². The van der Waals surface area contributed by atoms with E-state index in [0.717, 1.165) is 29.5 Å². The van der Waals surface area contributed by atoms with Crippen LogP contribution in [0, 0.1) is 0 Å². The number of amides is 1. The lowest BCUT2D eigenvalue weighted by atomic mass is 9.95. The summed E-state index contributed by atoms with van der Waals surface area (Å²) in [6.07, 6.45) is 6.08. The Morgan fingerprint density at radius 3 is 2.62 bits per heavy atom. The highest BCUT2D eigenvalue weighted by atomic mass is 35.5. The normalized spacial score (nSPS) is 15.3. The highest BCUT2D eigenvalue weighted by Crippen LogP contribution is 2.45. The summed E-state index contributed by atoms with van der Waals surface area (Å²) < 4.78 is 12.7. The number of thiazole rings is 1. The molecule has 1 aromatic heterocycles. The monoisotopic (exact) mass is 602 g/mol. The number of benzene rings is 3. The zero-order valence-electron chi connectivity index (χ0n) is 23.4. The van der Waals surface area contributed by atoms with E-state index < -0.39 is 23.5 Å². The maximum Gasteiger partial charge on any atom is 0.296 e. The molecule has 7 nitrogen and oxygen atoms in total. The molecule has 4 aromatic rings. The summed E-state index contributed by atoms with van der Waals surface area (Å²) >= 11 is 7.46. The Balaban J connectivity index is 1.58. The quantitative estimate of drug-likeness (QED) is 0.130. The summed E-state index contributed by atoms with van der Waals surface area (Å²) in [4.78, 5) is 33.3. The smallest absolute Gasteiger partial charge is 0.296 e. The minimum atomic E-state index is -0.949. The van der Waals surface area contributed by atoms with Crippen LogP contribution in [0.1, 0.15) is 50.3 Å². The van der Waals surface area contributed by atoms with Gasteiger partial charge in [0.15, 0.2) is 28.2 Å². The van der Waals surface area contributed by atoms with Gasteiger partial charge in [-0.25, -0.2) is 4.98 Å². The van der Waals surface area contributed by atoms with E-state index in [1.165, 1.54) is 22.3 Å². The van der Waals surface area contributed by atoms with E-state index in [-0.39, 0.29) is 5.57 Å². The van der Waals surface area contributed by atoms with Crippen LogP contribution in [0.25, 0.3) is 16.3 Å². The largest absolute Gasteiger partial charge is 0.503 e. The number of aliphatic hydroxyl groups excluding tert-OH is 1. The number of aromatic nitrogens is 1. The molecule has 216 valence electrons. The molecule has 0 saturated heterocycles. The standard InChI is InChI=1S/C33H31ClN2O5S/c1-3-5-9-18-41-26-17-13-22(19-27(26)40-4-2)30-29(25(37)16-12-21-10-7-6-8-11-21)31(38)32(39)36(30)33-35-24-15-14-23(34)20-28(24)42-33/h6-8,10-17,19-20,30,38H,3-5,9,18H2,1-2H3/b16-12+. The van der Waals surface area contributed by atoms with Gasteiger partial charge < -0.3 is 14.6 Å². The lowest BCUT2D eigenvalue weighted by Crippen LogP contribution is -2.30. The van der Waals surface area contributed by atoms with Crippen molar-refractivity contribution in [3.05, 3.63) is 100 Å². The van der Waals surface area contributed by atoms with Crippen LogP contribution >= 0.6 is 22.9 Å². The van der Waals surface area contributed by atoms with Crippen molar-refractivity contribution in [1.29, 1.82) is 0 Å². The summed E-state index contributed by atoms with van der Waals surface area (Å²) in [5.74, 6) is -0.739. The van der Waals surface area contributed by atoms with Gasteiger partial charge in [0.2, 0.25) is 0 Å². The zero-order chi connectivity index (χ0) is 29.6. The first-order valence-corrected chi connectivity index (χ1v) is 15.1. The summed E-state index contributed by atoms with van der Waals surface area (Å²) in [7, 11) is 0. The van der Waals surface area contributed by atoms with Gasteiger partial charge in [-0.15, -0.1) is 0 Å². The van der Waals surface area contributed by atoms with Gasteiger partial charge in [-0.05, 0) is 60.9 Å². The van der Waals surface area contributed by atoms with Gasteiger partial charge in [0.1, 0.15) is 0 Å². The molecular weight excluding hydrogens is 572 g/mol. The van der Waals surface area contributed by atoms with Crippen LogP contribution in [-0.2, 0) is 9.59 Å². The minimum absolute atomic E-state index is 0.0384. The van der Waals surface area contributed by atoms with Gasteiger partial charge in [0.25, 0.3) is 5.91 Å². The minimum Gasteiger partial charge on any atom is -0.503 e. The maximum atomic E-state index is 13.7. The molecule has 5 rings (SSSR count). The number of allylic oxidation sites excluding steroid dienone is 1. The highest BCUT2D eigenvalue weighted by molar-refractivity contribution is 7.22. The van der Waals surface area contributed by atoms with Gasteiger partial charge in [0.05, 0.1) is 35.0 Å². The molecule has 0 radical (unpaired) electrons. The third-order valence-corrected chi connectivity index (χ3v) is 8.09. The van der Waals surface area contributed by atoms with E-state index in [1.54, 1.807) is 42.5 Å². The van der Waals surface area contributed by atoms with Gasteiger partial charge >= 0.3 is 0 Å². The molecule has 9 heteroatoms. The van der Waals surface area contributed by atoms with Gasteiger partial charge in [-0.3, -0.25) is 14.5 Å². The van der Waals surface area contributed by atoms with Crippen molar-refractivity contribution in [3.8, 4) is 11.5 Å². The number of rotatable bonds is 12. The highest BCUT2D eigenvalue weighted by Gasteiger charge is 2.45. The average molecular weight is 603 g/mol. The summed E-state index contributed by atoms with van der Waals surface area (Å²) in [5, 5.41) is 12.0. The van der Waals surface area contributed by atoms with Crippen LogP contribution in [0.15, 0.2) is 84.1 Å². The SMILES string of the molecule is CCCCCOc1ccc(C2C(C(=O)/C=C/c3ccccc3)=C(O)C(=O)N2c2nc3ccc(Cl)cc3s2)cc1OCC. The predicted molar refractivity (Wildman–Crippen MR) is 168 cm³/mol. The number of hydrogen-bond donors (Lipinski definition) is 1. The lowest BCUT2D eigenvalue weighted by molar-refractivity contribution is -0.117. The third kappa shape index (κ3) is 6.20. The zero-order valence-corrected chi connectivity index (χ0v) is 25.0. The number of carbonyl (C=O) groups excluding carboxylic acids is 2. The number of fused-ring (bicyclic) bond motifs is 1. The Morgan fingerprint density at radius 2 is 1.86 bits per heavy atom. The number of anilines is 1. The van der Waals surface area contributed by atoms with Crippen molar-refractivity contribution in [2.75, 3.05) is 18.1 Å². The van der Waals surface area contributed by atoms with E-state index in [1.807, 2.05) is 37.3 Å². The number of aliphatic hydroxyl groups is 1. The molecule has 3 aromatic carbocycles. The first kappa shape index (κ1) is 29.4. The molecule has 1 aliphatic rings. The first-order chi connectivity index (χ1) is 20.4. The molecule has 0 spiro atoms. The molecular formula is C33H31ClN2O5S. The molecule has 0 aliphatic carbocycles. The van der Waals surface area contributed by atoms with E-state index in [9.17, 15) is 14.7 Å². The first-order valence-electron chi connectivity index (χ1n) is 13.9. The summed E-state index contributed by atoms with van der Waals surface area (Å²) in [6, 6.07) is 19.0. The van der Waals surface area contributed by atoms with Crippen molar-refractivity contribution in [1.82, 2.24) is 4.98 Å². The molecule has 0 bridgehead atoms. The number of ketones is 1. The van der Waals surface area contributed by atoms with Crippen molar-refractivity contribution in [2.24, 2.45) is 0 Å².